The average Bonchev–Trinajstić information content (AvgIpc) is 2.39. The van der Waals surface area contributed by atoms with Gasteiger partial charge in [-0.1, -0.05) is 13.8 Å². The van der Waals surface area contributed by atoms with Crippen LogP contribution in [0.4, 0.5) is 4.39 Å². The first kappa shape index (κ1) is 15.4. The fourth-order valence-corrected chi connectivity index (χ4v) is 4.80. The van der Waals surface area contributed by atoms with Gasteiger partial charge in [0, 0.05) is 0 Å². The predicted molar refractivity (Wildman–Crippen MR) is 75.6 cm³/mol. The van der Waals surface area contributed by atoms with Gasteiger partial charge in [-0.2, -0.15) is 0 Å². The molecule has 3 unspecified atom stereocenters. The van der Waals surface area contributed by atoms with E-state index in [2.05, 4.69) is 13.8 Å². The Bertz CT molecular complexity index is 551. The molecule has 1 aliphatic rings. The highest BCUT2D eigenvalue weighted by Gasteiger charge is 2.39. The zero-order chi connectivity index (χ0) is 14.9. The highest BCUT2D eigenvalue weighted by molar-refractivity contribution is 7.92. The van der Waals surface area contributed by atoms with E-state index in [4.69, 9.17) is 0 Å². The number of rotatable bonds is 3. The Balaban J connectivity index is 2.29. The average molecular weight is 300 g/mol. The normalized spacial score (nSPS) is 27.8. The van der Waals surface area contributed by atoms with E-state index in [1.54, 1.807) is 0 Å². The van der Waals surface area contributed by atoms with Gasteiger partial charge in [-0.25, -0.2) is 12.8 Å². The van der Waals surface area contributed by atoms with Gasteiger partial charge in [0.15, 0.2) is 9.84 Å². The van der Waals surface area contributed by atoms with E-state index >= 15 is 0 Å². The maximum absolute atomic E-state index is 12.9. The van der Waals surface area contributed by atoms with Crippen LogP contribution in [0.25, 0.3) is 0 Å². The topological polar surface area (TPSA) is 54.4 Å². The molecule has 3 atom stereocenters. The zero-order valence-electron chi connectivity index (χ0n) is 11.8. The minimum atomic E-state index is -3.61. The van der Waals surface area contributed by atoms with Crippen molar-refractivity contribution in [2.75, 3.05) is 0 Å². The molecule has 0 saturated heterocycles. The van der Waals surface area contributed by atoms with Crippen LogP contribution in [0.2, 0.25) is 0 Å². The standard InChI is InChI=1S/C15H21FO3S/c1-10(2)11-3-8-14(17)15(9-11)20(18,19)13-6-4-12(16)5-7-13/h4-7,10-11,14-15,17H,3,8-9H2,1-2H3. The number of hydrogen-bond acceptors (Lipinski definition) is 3. The molecule has 112 valence electrons. The SMILES string of the molecule is CC(C)C1CCC(O)C(S(=O)(=O)c2ccc(F)cc2)C1. The molecule has 0 aromatic heterocycles. The summed E-state index contributed by atoms with van der Waals surface area (Å²) in [7, 11) is -3.61. The number of halogens is 1. The number of aliphatic hydroxyl groups is 1. The van der Waals surface area contributed by atoms with E-state index < -0.39 is 27.0 Å². The van der Waals surface area contributed by atoms with Crippen LogP contribution in [-0.4, -0.2) is 24.9 Å². The number of aliphatic hydroxyl groups excluding tert-OH is 1. The first-order valence-electron chi connectivity index (χ1n) is 7.00. The monoisotopic (exact) mass is 300 g/mol. The Hall–Kier alpha value is -0.940. The van der Waals surface area contributed by atoms with E-state index in [0.717, 1.165) is 18.6 Å². The minimum Gasteiger partial charge on any atom is -0.392 e. The summed E-state index contributed by atoms with van der Waals surface area (Å²) in [6.07, 6.45) is 1.00. The van der Waals surface area contributed by atoms with Gasteiger partial charge in [0.2, 0.25) is 0 Å². The van der Waals surface area contributed by atoms with E-state index in [1.807, 2.05) is 0 Å². The lowest BCUT2D eigenvalue weighted by Crippen LogP contribution is -2.41. The van der Waals surface area contributed by atoms with E-state index in [-0.39, 0.29) is 4.90 Å². The largest absolute Gasteiger partial charge is 0.392 e. The lowest BCUT2D eigenvalue weighted by atomic mass is 9.80. The van der Waals surface area contributed by atoms with Gasteiger partial charge in [-0.15, -0.1) is 0 Å². The van der Waals surface area contributed by atoms with Crippen LogP contribution in [0, 0.1) is 17.7 Å². The zero-order valence-corrected chi connectivity index (χ0v) is 12.6. The fraction of sp³-hybridized carbons (Fsp3) is 0.600. The Morgan fingerprint density at radius 1 is 1.20 bits per heavy atom. The first-order valence-corrected chi connectivity index (χ1v) is 8.54. The van der Waals surface area contributed by atoms with Gasteiger partial charge in [-0.05, 0) is 55.4 Å². The van der Waals surface area contributed by atoms with Crippen molar-refractivity contribution in [2.24, 2.45) is 11.8 Å². The molecule has 1 N–H and O–H groups in total. The van der Waals surface area contributed by atoms with Crippen LogP contribution in [0.15, 0.2) is 29.2 Å². The fourth-order valence-electron chi connectivity index (χ4n) is 2.88. The third kappa shape index (κ3) is 3.04. The van der Waals surface area contributed by atoms with Crippen molar-refractivity contribution in [1.29, 1.82) is 0 Å². The van der Waals surface area contributed by atoms with Crippen LogP contribution in [0.3, 0.4) is 0 Å². The highest BCUT2D eigenvalue weighted by Crippen LogP contribution is 2.35. The number of benzene rings is 1. The van der Waals surface area contributed by atoms with Gasteiger partial charge < -0.3 is 5.11 Å². The van der Waals surface area contributed by atoms with Gasteiger partial charge >= 0.3 is 0 Å². The molecule has 0 amide bonds. The second-order valence-electron chi connectivity index (χ2n) is 5.92. The van der Waals surface area contributed by atoms with Crippen LogP contribution < -0.4 is 0 Å². The molecule has 3 nitrogen and oxygen atoms in total. The van der Waals surface area contributed by atoms with Crippen LogP contribution >= 0.6 is 0 Å². The molecule has 1 saturated carbocycles. The van der Waals surface area contributed by atoms with Gasteiger partial charge in [-0.3, -0.25) is 0 Å². The molecule has 0 bridgehead atoms. The second-order valence-corrected chi connectivity index (χ2v) is 8.09. The summed E-state index contributed by atoms with van der Waals surface area (Å²) >= 11 is 0. The molecule has 1 aliphatic carbocycles. The maximum Gasteiger partial charge on any atom is 0.183 e. The van der Waals surface area contributed by atoms with Crippen molar-refractivity contribution >= 4 is 9.84 Å². The summed E-state index contributed by atoms with van der Waals surface area (Å²) in [4.78, 5) is 0.0901. The third-order valence-corrected chi connectivity index (χ3v) is 6.51. The van der Waals surface area contributed by atoms with Gasteiger partial charge in [0.1, 0.15) is 5.82 Å². The summed E-state index contributed by atoms with van der Waals surface area (Å²) in [5.74, 6) is 0.236. The van der Waals surface area contributed by atoms with Gasteiger partial charge in [0.25, 0.3) is 0 Å². The molecule has 0 aliphatic heterocycles. The summed E-state index contributed by atoms with van der Waals surface area (Å²) in [5.41, 5.74) is 0. The molecule has 1 fully saturated rings. The molecule has 1 aromatic carbocycles. The predicted octanol–water partition coefficient (Wildman–Crippen LogP) is 2.79. The third-order valence-electron chi connectivity index (χ3n) is 4.28. The van der Waals surface area contributed by atoms with Crippen LogP contribution in [0.5, 0.6) is 0 Å². The van der Waals surface area contributed by atoms with Gasteiger partial charge in [0.05, 0.1) is 16.2 Å². The van der Waals surface area contributed by atoms with Crippen molar-refractivity contribution in [2.45, 2.75) is 49.4 Å². The van der Waals surface area contributed by atoms with E-state index in [9.17, 15) is 17.9 Å². The van der Waals surface area contributed by atoms with Crippen LogP contribution in [-0.2, 0) is 9.84 Å². The van der Waals surface area contributed by atoms with E-state index in [0.29, 0.717) is 24.7 Å². The van der Waals surface area contributed by atoms with Crippen molar-refractivity contribution in [1.82, 2.24) is 0 Å². The molecule has 1 aromatic rings. The van der Waals surface area contributed by atoms with Crippen molar-refractivity contribution in [3.8, 4) is 0 Å². The second kappa shape index (κ2) is 5.82. The first-order chi connectivity index (χ1) is 9.32. The van der Waals surface area contributed by atoms with Crippen molar-refractivity contribution in [3.63, 3.8) is 0 Å². The highest BCUT2D eigenvalue weighted by atomic mass is 32.2. The molecule has 20 heavy (non-hydrogen) atoms. The summed E-state index contributed by atoms with van der Waals surface area (Å²) in [6, 6.07) is 4.83. The smallest absolute Gasteiger partial charge is 0.183 e. The lowest BCUT2D eigenvalue weighted by Gasteiger charge is -2.34. The summed E-state index contributed by atoms with van der Waals surface area (Å²) in [5, 5.41) is 9.28. The Morgan fingerprint density at radius 2 is 1.80 bits per heavy atom. The molecular formula is C15H21FO3S. The Kier molecular flexibility index (Phi) is 4.49. The minimum absolute atomic E-state index is 0.0901. The molecule has 0 radical (unpaired) electrons. The summed E-state index contributed by atoms with van der Waals surface area (Å²) < 4.78 is 38.1. The maximum atomic E-state index is 12.9. The number of sulfone groups is 1. The Morgan fingerprint density at radius 3 is 2.35 bits per heavy atom. The Labute approximate surface area is 119 Å². The molecule has 0 heterocycles. The van der Waals surface area contributed by atoms with E-state index in [1.165, 1.54) is 12.1 Å². The van der Waals surface area contributed by atoms with Crippen LogP contribution in [0.1, 0.15) is 33.1 Å². The molecular weight excluding hydrogens is 279 g/mol. The molecule has 5 heteroatoms. The summed E-state index contributed by atoms with van der Waals surface area (Å²) in [6.45, 7) is 4.15. The lowest BCUT2D eigenvalue weighted by molar-refractivity contribution is 0.0997. The molecule has 2 rings (SSSR count). The van der Waals surface area contributed by atoms with Crippen molar-refractivity contribution < 1.29 is 17.9 Å². The quantitative estimate of drug-likeness (QED) is 0.873. The number of hydrogen-bond donors (Lipinski definition) is 1. The molecule has 0 spiro atoms. The van der Waals surface area contributed by atoms with Crippen molar-refractivity contribution in [3.05, 3.63) is 30.1 Å².